The fourth-order valence-electron chi connectivity index (χ4n) is 2.18. The number of nitrogens with one attached hydrogen (secondary N) is 1. The van der Waals surface area contributed by atoms with Crippen LogP contribution in [0.5, 0.6) is 5.75 Å². The summed E-state index contributed by atoms with van der Waals surface area (Å²) >= 11 is 6.27. The molecule has 0 unspecified atom stereocenters. The quantitative estimate of drug-likeness (QED) is 0.735. The van der Waals surface area contributed by atoms with Crippen molar-refractivity contribution in [3.8, 4) is 5.75 Å². The summed E-state index contributed by atoms with van der Waals surface area (Å²) in [5, 5.41) is 4.15. The Balaban J connectivity index is 1.92. The van der Waals surface area contributed by atoms with Gasteiger partial charge in [0.15, 0.2) is 0 Å². The predicted molar refractivity (Wildman–Crippen MR) is 90.7 cm³/mol. The molecule has 0 amide bonds. The normalized spacial score (nSPS) is 10.7. The lowest BCUT2D eigenvalue weighted by atomic mass is 10.0. The van der Waals surface area contributed by atoms with E-state index in [2.05, 4.69) is 25.2 Å². The Hall–Kier alpha value is -1.67. The zero-order valence-corrected chi connectivity index (χ0v) is 13.6. The first kappa shape index (κ1) is 15.7. The Kier molecular flexibility index (Phi) is 5.51. The van der Waals surface area contributed by atoms with Crippen molar-refractivity contribution in [3.05, 3.63) is 58.6 Å². The van der Waals surface area contributed by atoms with Crippen molar-refractivity contribution >= 4 is 17.3 Å². The molecule has 0 spiro atoms. The Bertz CT molecular complexity index is 581. The van der Waals surface area contributed by atoms with Gasteiger partial charge in [-0.1, -0.05) is 43.6 Å². The molecule has 0 atom stereocenters. The largest absolute Gasteiger partial charge is 0.491 e. The molecule has 0 aliphatic carbocycles. The molecule has 112 valence electrons. The molecule has 3 heteroatoms. The molecule has 2 aromatic rings. The highest BCUT2D eigenvalue weighted by molar-refractivity contribution is 6.31. The summed E-state index contributed by atoms with van der Waals surface area (Å²) in [7, 11) is 0. The van der Waals surface area contributed by atoms with E-state index in [0.717, 1.165) is 34.1 Å². The molecular weight excluding hydrogens is 282 g/mol. The van der Waals surface area contributed by atoms with Gasteiger partial charge in [-0.25, -0.2) is 0 Å². The third kappa shape index (κ3) is 4.40. The molecule has 2 nitrogen and oxygen atoms in total. The molecule has 0 saturated heterocycles. The Morgan fingerprint density at radius 2 is 1.86 bits per heavy atom. The predicted octanol–water partition coefficient (Wildman–Crippen LogP) is 5.26. The van der Waals surface area contributed by atoms with E-state index in [9.17, 15) is 0 Å². The summed E-state index contributed by atoms with van der Waals surface area (Å²) in [6, 6.07) is 14.2. The Morgan fingerprint density at radius 1 is 1.14 bits per heavy atom. The van der Waals surface area contributed by atoms with Crippen molar-refractivity contribution < 1.29 is 4.74 Å². The monoisotopic (exact) mass is 303 g/mol. The van der Waals surface area contributed by atoms with Crippen LogP contribution >= 0.6 is 11.6 Å². The molecule has 0 bridgehead atoms. The molecule has 0 fully saturated rings. The molecule has 2 rings (SSSR count). The minimum Gasteiger partial charge on any atom is -0.491 e. The summed E-state index contributed by atoms with van der Waals surface area (Å²) in [5.74, 6) is 1.31. The van der Waals surface area contributed by atoms with Gasteiger partial charge in [-0.15, -0.1) is 0 Å². The summed E-state index contributed by atoms with van der Waals surface area (Å²) in [6.07, 6.45) is 0. The smallest absolute Gasteiger partial charge is 0.122 e. The highest BCUT2D eigenvalue weighted by atomic mass is 35.5. The number of ether oxygens (including phenoxy) is 1. The van der Waals surface area contributed by atoms with Gasteiger partial charge in [0.2, 0.25) is 0 Å². The van der Waals surface area contributed by atoms with Crippen LogP contribution in [-0.4, -0.2) is 13.2 Å². The number of hydrogen-bond donors (Lipinski definition) is 1. The van der Waals surface area contributed by atoms with Gasteiger partial charge in [-0.05, 0) is 48.2 Å². The first-order chi connectivity index (χ1) is 10.1. The SMILES string of the molecule is Cc1cc(Cl)c(C(C)C)cc1OCCNc1ccccc1. The third-order valence-electron chi connectivity index (χ3n) is 3.38. The Morgan fingerprint density at radius 3 is 2.52 bits per heavy atom. The lowest BCUT2D eigenvalue weighted by Gasteiger charge is -2.15. The first-order valence-electron chi connectivity index (χ1n) is 7.29. The molecule has 0 aliphatic rings. The van der Waals surface area contributed by atoms with Crippen LogP contribution in [0.3, 0.4) is 0 Å². The van der Waals surface area contributed by atoms with E-state index in [1.165, 1.54) is 0 Å². The summed E-state index contributed by atoms with van der Waals surface area (Å²) in [4.78, 5) is 0. The first-order valence-corrected chi connectivity index (χ1v) is 7.67. The molecule has 0 saturated carbocycles. The minimum atomic E-state index is 0.392. The summed E-state index contributed by atoms with van der Waals surface area (Å²) < 4.78 is 5.88. The second kappa shape index (κ2) is 7.37. The van der Waals surface area contributed by atoms with Crippen LogP contribution in [0.4, 0.5) is 5.69 Å². The highest BCUT2D eigenvalue weighted by Gasteiger charge is 2.09. The van der Waals surface area contributed by atoms with E-state index < -0.39 is 0 Å². The van der Waals surface area contributed by atoms with Crippen molar-refractivity contribution in [2.45, 2.75) is 26.7 Å². The number of anilines is 1. The van der Waals surface area contributed by atoms with Gasteiger partial charge in [0.1, 0.15) is 12.4 Å². The number of benzene rings is 2. The maximum Gasteiger partial charge on any atom is 0.122 e. The van der Waals surface area contributed by atoms with Gasteiger partial charge in [0, 0.05) is 17.3 Å². The van der Waals surface area contributed by atoms with Crippen LogP contribution in [0, 0.1) is 6.92 Å². The topological polar surface area (TPSA) is 21.3 Å². The van der Waals surface area contributed by atoms with Crippen molar-refractivity contribution in [1.29, 1.82) is 0 Å². The van der Waals surface area contributed by atoms with E-state index in [0.29, 0.717) is 12.5 Å². The van der Waals surface area contributed by atoms with Gasteiger partial charge < -0.3 is 10.1 Å². The zero-order chi connectivity index (χ0) is 15.2. The van der Waals surface area contributed by atoms with Crippen LogP contribution in [0.15, 0.2) is 42.5 Å². The van der Waals surface area contributed by atoms with Crippen LogP contribution in [0.2, 0.25) is 5.02 Å². The van der Waals surface area contributed by atoms with Crippen LogP contribution in [0.25, 0.3) is 0 Å². The molecule has 0 aliphatic heterocycles. The summed E-state index contributed by atoms with van der Waals surface area (Å²) in [6.45, 7) is 7.68. The van der Waals surface area contributed by atoms with Crippen molar-refractivity contribution in [3.63, 3.8) is 0 Å². The minimum absolute atomic E-state index is 0.392. The molecule has 21 heavy (non-hydrogen) atoms. The summed E-state index contributed by atoms with van der Waals surface area (Å²) in [5.41, 5.74) is 3.31. The molecule has 0 radical (unpaired) electrons. The van der Waals surface area contributed by atoms with E-state index in [1.54, 1.807) is 0 Å². The van der Waals surface area contributed by atoms with Crippen molar-refractivity contribution in [1.82, 2.24) is 0 Å². The van der Waals surface area contributed by atoms with Gasteiger partial charge in [0.25, 0.3) is 0 Å². The number of aryl methyl sites for hydroxylation is 1. The third-order valence-corrected chi connectivity index (χ3v) is 3.71. The average molecular weight is 304 g/mol. The maximum atomic E-state index is 6.27. The van der Waals surface area contributed by atoms with Crippen molar-refractivity contribution in [2.75, 3.05) is 18.5 Å². The molecule has 2 aromatic carbocycles. The second-order valence-corrected chi connectivity index (χ2v) is 5.84. The lowest BCUT2D eigenvalue weighted by molar-refractivity contribution is 0.330. The van der Waals surface area contributed by atoms with Gasteiger partial charge in [0.05, 0.1) is 0 Å². The van der Waals surface area contributed by atoms with Crippen LogP contribution in [0.1, 0.15) is 30.9 Å². The lowest BCUT2D eigenvalue weighted by Crippen LogP contribution is -2.12. The number of hydrogen-bond acceptors (Lipinski definition) is 2. The maximum absolute atomic E-state index is 6.27. The Labute approximate surface area is 132 Å². The molecular formula is C18H22ClNO. The highest BCUT2D eigenvalue weighted by Crippen LogP contribution is 2.31. The van der Waals surface area contributed by atoms with Gasteiger partial charge >= 0.3 is 0 Å². The fraction of sp³-hybridized carbons (Fsp3) is 0.333. The standard InChI is InChI=1S/C18H22ClNO/c1-13(2)16-12-18(14(3)11-17(16)19)21-10-9-20-15-7-5-4-6-8-15/h4-8,11-13,20H,9-10H2,1-3H3. The van der Waals surface area contributed by atoms with E-state index in [1.807, 2.05) is 43.3 Å². The van der Waals surface area contributed by atoms with Gasteiger partial charge in [-0.2, -0.15) is 0 Å². The number of rotatable bonds is 6. The van der Waals surface area contributed by atoms with E-state index in [4.69, 9.17) is 16.3 Å². The number of para-hydroxylation sites is 1. The van der Waals surface area contributed by atoms with Crippen molar-refractivity contribution in [2.24, 2.45) is 0 Å². The molecule has 0 heterocycles. The van der Waals surface area contributed by atoms with E-state index >= 15 is 0 Å². The van der Waals surface area contributed by atoms with E-state index in [-0.39, 0.29) is 0 Å². The zero-order valence-electron chi connectivity index (χ0n) is 12.8. The molecule has 1 N–H and O–H groups in total. The average Bonchev–Trinajstić information content (AvgIpc) is 2.46. The van der Waals surface area contributed by atoms with Crippen LogP contribution < -0.4 is 10.1 Å². The number of halogens is 1. The van der Waals surface area contributed by atoms with Crippen LogP contribution in [-0.2, 0) is 0 Å². The second-order valence-electron chi connectivity index (χ2n) is 5.44. The fourth-order valence-corrected chi connectivity index (χ4v) is 2.62. The van der Waals surface area contributed by atoms with Gasteiger partial charge in [-0.3, -0.25) is 0 Å². The molecule has 0 aromatic heterocycles.